The highest BCUT2D eigenvalue weighted by molar-refractivity contribution is 5.46. The molecule has 1 aromatic carbocycles. The number of aliphatic hydroxyl groups is 1. The van der Waals surface area contributed by atoms with Gasteiger partial charge < -0.3 is 14.6 Å². The van der Waals surface area contributed by atoms with Crippen molar-refractivity contribution < 1.29 is 23.4 Å². The van der Waals surface area contributed by atoms with E-state index in [1.54, 1.807) is 18.2 Å². The molecular weight excluding hydrogens is 316 g/mol. The largest absolute Gasteiger partial charge is 0.493 e. The molecule has 0 amide bonds. The van der Waals surface area contributed by atoms with E-state index in [9.17, 15) is 13.9 Å². The van der Waals surface area contributed by atoms with Crippen molar-refractivity contribution >= 4 is 0 Å². The van der Waals surface area contributed by atoms with Crippen LogP contribution in [0.2, 0.25) is 0 Å². The van der Waals surface area contributed by atoms with Crippen molar-refractivity contribution in [3.63, 3.8) is 0 Å². The normalized spacial score (nSPS) is 27.8. The lowest BCUT2D eigenvalue weighted by Crippen LogP contribution is -2.52. The van der Waals surface area contributed by atoms with E-state index in [-0.39, 0.29) is 11.7 Å². The van der Waals surface area contributed by atoms with Gasteiger partial charge in [0.05, 0.1) is 12.7 Å². The van der Waals surface area contributed by atoms with Crippen molar-refractivity contribution in [2.45, 2.75) is 50.9 Å². The lowest BCUT2D eigenvalue weighted by molar-refractivity contribution is -0.0971. The van der Waals surface area contributed by atoms with Crippen molar-refractivity contribution in [3.05, 3.63) is 23.8 Å². The van der Waals surface area contributed by atoms with Gasteiger partial charge >= 0.3 is 6.61 Å². The van der Waals surface area contributed by atoms with Crippen molar-refractivity contribution in [2.24, 2.45) is 5.92 Å². The minimum Gasteiger partial charge on any atom is -0.493 e. The van der Waals surface area contributed by atoms with E-state index < -0.39 is 12.2 Å². The zero-order chi connectivity index (χ0) is 17.2. The Balaban J connectivity index is 1.74. The molecule has 1 saturated carbocycles. The zero-order valence-electron chi connectivity index (χ0n) is 14.0. The number of piperidine rings is 1. The van der Waals surface area contributed by atoms with Crippen molar-refractivity contribution in [2.75, 3.05) is 20.2 Å². The van der Waals surface area contributed by atoms with E-state index in [0.29, 0.717) is 17.9 Å². The molecule has 6 heteroatoms. The van der Waals surface area contributed by atoms with Crippen molar-refractivity contribution in [1.29, 1.82) is 0 Å². The Hall–Kier alpha value is -1.40. The number of alkyl halides is 2. The Labute approximate surface area is 141 Å². The monoisotopic (exact) mass is 341 g/mol. The third kappa shape index (κ3) is 3.64. The first-order chi connectivity index (χ1) is 11.5. The van der Waals surface area contributed by atoms with E-state index in [0.717, 1.165) is 45.2 Å². The summed E-state index contributed by atoms with van der Waals surface area (Å²) in [7, 11) is 1.44. The summed E-state index contributed by atoms with van der Waals surface area (Å²) in [5.41, 5.74) is 0.154. The zero-order valence-corrected chi connectivity index (χ0v) is 14.0. The summed E-state index contributed by atoms with van der Waals surface area (Å²) in [5, 5.41) is 10.8. The summed E-state index contributed by atoms with van der Waals surface area (Å²) in [6.45, 7) is -0.809. The van der Waals surface area contributed by atoms with Crippen LogP contribution in [-0.2, 0) is 6.54 Å². The Bertz CT molecular complexity index is 569. The molecule has 1 N–H and O–H groups in total. The molecule has 1 heterocycles. The van der Waals surface area contributed by atoms with Crippen molar-refractivity contribution in [1.82, 2.24) is 4.90 Å². The lowest BCUT2D eigenvalue weighted by atomic mass is 9.71. The second-order valence-electron chi connectivity index (χ2n) is 6.86. The predicted octanol–water partition coefficient (Wildman–Crippen LogP) is 3.42. The van der Waals surface area contributed by atoms with Gasteiger partial charge in [0.1, 0.15) is 0 Å². The average Bonchev–Trinajstić information content (AvgIpc) is 2.56. The second-order valence-corrected chi connectivity index (χ2v) is 6.86. The lowest BCUT2D eigenvalue weighted by Gasteiger charge is -2.47. The van der Waals surface area contributed by atoms with E-state index in [2.05, 4.69) is 4.90 Å². The number of halogens is 2. The van der Waals surface area contributed by atoms with Gasteiger partial charge in [-0.15, -0.1) is 0 Å². The third-order valence-electron chi connectivity index (χ3n) is 5.39. The standard InChI is InChI=1S/C18H25F2NO3/c1-23-15-7-4-5-13(16(15)24-17(19)20)11-21-10-9-18(22)8-3-2-6-14(18)12-21/h4-5,7,14,17,22H,2-3,6,8-12H2,1H3. The second kappa shape index (κ2) is 7.23. The van der Waals surface area contributed by atoms with Crippen LogP contribution in [0.3, 0.4) is 0 Å². The summed E-state index contributed by atoms with van der Waals surface area (Å²) in [4.78, 5) is 2.22. The number of rotatable bonds is 5. The molecule has 24 heavy (non-hydrogen) atoms. The van der Waals surface area contributed by atoms with Crippen LogP contribution in [0.4, 0.5) is 8.78 Å². The molecule has 2 fully saturated rings. The van der Waals surface area contributed by atoms with E-state index in [1.165, 1.54) is 7.11 Å². The van der Waals surface area contributed by atoms with Gasteiger partial charge in [-0.2, -0.15) is 8.78 Å². The molecule has 1 aliphatic heterocycles. The summed E-state index contributed by atoms with van der Waals surface area (Å²) in [6, 6.07) is 5.20. The van der Waals surface area contributed by atoms with Gasteiger partial charge in [0.15, 0.2) is 11.5 Å². The molecule has 1 aromatic rings. The van der Waals surface area contributed by atoms with Crippen LogP contribution >= 0.6 is 0 Å². The quantitative estimate of drug-likeness (QED) is 0.891. The van der Waals surface area contributed by atoms with Crippen LogP contribution in [0.5, 0.6) is 11.5 Å². The van der Waals surface area contributed by atoms with E-state index >= 15 is 0 Å². The number of hydrogen-bond donors (Lipinski definition) is 1. The molecule has 2 aliphatic rings. The maximum Gasteiger partial charge on any atom is 0.387 e. The summed E-state index contributed by atoms with van der Waals surface area (Å²) in [5.74, 6) is 0.698. The minimum absolute atomic E-state index is 0.111. The summed E-state index contributed by atoms with van der Waals surface area (Å²) < 4.78 is 35.3. The minimum atomic E-state index is -2.88. The highest BCUT2D eigenvalue weighted by Crippen LogP contribution is 2.41. The Morgan fingerprint density at radius 1 is 1.33 bits per heavy atom. The fourth-order valence-corrected chi connectivity index (χ4v) is 4.09. The molecule has 3 rings (SSSR count). The number of fused-ring (bicyclic) bond motifs is 1. The van der Waals surface area contributed by atoms with Crippen LogP contribution in [0.15, 0.2) is 18.2 Å². The topological polar surface area (TPSA) is 41.9 Å². The first kappa shape index (κ1) is 17.4. The summed E-state index contributed by atoms with van der Waals surface area (Å²) >= 11 is 0. The van der Waals surface area contributed by atoms with Gasteiger partial charge in [0, 0.05) is 31.1 Å². The van der Waals surface area contributed by atoms with Crippen LogP contribution in [0, 0.1) is 5.92 Å². The number of benzene rings is 1. The Morgan fingerprint density at radius 3 is 2.92 bits per heavy atom. The average molecular weight is 341 g/mol. The number of likely N-dealkylation sites (tertiary alicyclic amines) is 1. The SMILES string of the molecule is COc1cccc(CN2CCC3(O)CCCCC3C2)c1OC(F)F. The molecule has 0 bridgehead atoms. The Kier molecular flexibility index (Phi) is 5.25. The Morgan fingerprint density at radius 2 is 2.17 bits per heavy atom. The van der Waals surface area contributed by atoms with Gasteiger partial charge in [0.2, 0.25) is 0 Å². The van der Waals surface area contributed by atoms with Gasteiger partial charge in [-0.3, -0.25) is 4.90 Å². The summed E-state index contributed by atoms with van der Waals surface area (Å²) in [6.07, 6.45) is 4.90. The fourth-order valence-electron chi connectivity index (χ4n) is 4.09. The van der Waals surface area contributed by atoms with Gasteiger partial charge in [-0.25, -0.2) is 0 Å². The first-order valence-corrected chi connectivity index (χ1v) is 8.57. The van der Waals surface area contributed by atoms with Crippen LogP contribution in [0.25, 0.3) is 0 Å². The number of nitrogens with zero attached hydrogens (tertiary/aromatic N) is 1. The van der Waals surface area contributed by atoms with Crippen LogP contribution in [-0.4, -0.2) is 42.4 Å². The number of para-hydroxylation sites is 1. The molecule has 0 spiro atoms. The number of methoxy groups -OCH3 is 1. The smallest absolute Gasteiger partial charge is 0.387 e. The highest BCUT2D eigenvalue weighted by Gasteiger charge is 2.42. The molecule has 1 aliphatic carbocycles. The van der Waals surface area contributed by atoms with E-state index in [4.69, 9.17) is 9.47 Å². The molecule has 2 atom stereocenters. The van der Waals surface area contributed by atoms with Gasteiger partial charge in [-0.05, 0) is 25.3 Å². The molecule has 2 unspecified atom stereocenters. The number of hydrogen-bond acceptors (Lipinski definition) is 4. The molecular formula is C18H25F2NO3. The van der Waals surface area contributed by atoms with E-state index in [1.807, 2.05) is 0 Å². The van der Waals surface area contributed by atoms with Crippen molar-refractivity contribution in [3.8, 4) is 11.5 Å². The molecule has 4 nitrogen and oxygen atoms in total. The predicted molar refractivity (Wildman–Crippen MR) is 86.4 cm³/mol. The molecule has 1 saturated heterocycles. The highest BCUT2D eigenvalue weighted by atomic mass is 19.3. The molecule has 134 valence electrons. The first-order valence-electron chi connectivity index (χ1n) is 8.57. The van der Waals surface area contributed by atoms with Gasteiger partial charge in [0.25, 0.3) is 0 Å². The third-order valence-corrected chi connectivity index (χ3v) is 5.39. The number of ether oxygens (including phenoxy) is 2. The van der Waals surface area contributed by atoms with Crippen LogP contribution in [0.1, 0.15) is 37.7 Å². The fraction of sp³-hybridized carbons (Fsp3) is 0.667. The van der Waals surface area contributed by atoms with Gasteiger partial charge in [-0.1, -0.05) is 25.0 Å². The maximum absolute atomic E-state index is 12.7. The molecule has 0 radical (unpaired) electrons. The van der Waals surface area contributed by atoms with Crippen LogP contribution < -0.4 is 9.47 Å². The molecule has 0 aromatic heterocycles. The maximum atomic E-state index is 12.7.